The van der Waals surface area contributed by atoms with Crippen LogP contribution >= 0.6 is 0 Å². The Morgan fingerprint density at radius 1 is 1.43 bits per heavy atom. The maximum Gasteiger partial charge on any atom is 0.255 e. The summed E-state index contributed by atoms with van der Waals surface area (Å²) >= 11 is 0. The van der Waals surface area contributed by atoms with Crippen LogP contribution in [0.15, 0.2) is 0 Å². The van der Waals surface area contributed by atoms with Crippen LogP contribution in [0.1, 0.15) is 13.8 Å². The smallest absolute Gasteiger partial charge is 0.255 e. The summed E-state index contributed by atoms with van der Waals surface area (Å²) in [5.74, 6) is -0.852. The number of hydrogen-bond acceptors (Lipinski definition) is 2. The van der Waals surface area contributed by atoms with Gasteiger partial charge in [0.1, 0.15) is 12.1 Å². The number of amides is 2. The van der Waals surface area contributed by atoms with E-state index in [2.05, 4.69) is 5.32 Å². The molecule has 2 amide bonds. The van der Waals surface area contributed by atoms with Crippen LogP contribution < -0.4 is 5.32 Å². The number of carbonyl (C=O) groups excluding carboxylic acids is 2. The molecule has 0 aromatic carbocycles. The van der Waals surface area contributed by atoms with Crippen molar-refractivity contribution in [3.63, 3.8) is 0 Å². The molecule has 1 saturated heterocycles. The van der Waals surface area contributed by atoms with Gasteiger partial charge in [-0.2, -0.15) is 0 Å². The monoisotopic (exact) mass is 206 g/mol. The van der Waals surface area contributed by atoms with Crippen LogP contribution in [-0.4, -0.2) is 41.8 Å². The molecular formula is C8H12F2N2O2. The number of nitrogens with one attached hydrogen (secondary N) is 1. The third-order valence-electron chi connectivity index (χ3n) is 2.19. The van der Waals surface area contributed by atoms with Gasteiger partial charge >= 0.3 is 0 Å². The Hall–Kier alpha value is -1.20. The van der Waals surface area contributed by atoms with E-state index < -0.39 is 36.9 Å². The average molecular weight is 206 g/mol. The highest BCUT2D eigenvalue weighted by Gasteiger charge is 2.36. The fourth-order valence-electron chi connectivity index (χ4n) is 1.37. The molecule has 0 saturated carbocycles. The Morgan fingerprint density at radius 2 is 2.00 bits per heavy atom. The maximum atomic E-state index is 12.1. The highest BCUT2D eigenvalue weighted by molar-refractivity contribution is 5.96. The Bertz CT molecular complexity index is 258. The van der Waals surface area contributed by atoms with Crippen LogP contribution in [0.3, 0.4) is 0 Å². The minimum absolute atomic E-state index is 0.391. The van der Waals surface area contributed by atoms with Gasteiger partial charge in [-0.1, -0.05) is 0 Å². The zero-order valence-electron chi connectivity index (χ0n) is 7.96. The van der Waals surface area contributed by atoms with E-state index in [-0.39, 0.29) is 0 Å². The van der Waals surface area contributed by atoms with E-state index in [0.717, 1.165) is 4.90 Å². The van der Waals surface area contributed by atoms with Gasteiger partial charge in [-0.25, -0.2) is 8.78 Å². The molecule has 0 radical (unpaired) electrons. The second-order valence-corrected chi connectivity index (χ2v) is 3.29. The lowest BCUT2D eigenvalue weighted by Gasteiger charge is -2.35. The summed E-state index contributed by atoms with van der Waals surface area (Å²) in [6.45, 7) is 2.23. The Labute approximate surface area is 80.3 Å². The van der Waals surface area contributed by atoms with Crippen molar-refractivity contribution in [2.75, 3.05) is 6.54 Å². The number of alkyl halides is 2. The first-order chi connectivity index (χ1) is 6.43. The van der Waals surface area contributed by atoms with Gasteiger partial charge in [-0.3, -0.25) is 9.59 Å². The lowest BCUT2D eigenvalue weighted by molar-refractivity contribution is -0.150. The van der Waals surface area contributed by atoms with Crippen LogP contribution in [0.25, 0.3) is 0 Å². The number of carbonyl (C=O) groups is 2. The van der Waals surface area contributed by atoms with E-state index in [4.69, 9.17) is 0 Å². The van der Waals surface area contributed by atoms with E-state index in [1.807, 2.05) is 0 Å². The summed E-state index contributed by atoms with van der Waals surface area (Å²) < 4.78 is 24.2. The largest absolute Gasteiger partial charge is 0.343 e. The number of hydrogen-bond donors (Lipinski definition) is 1. The highest BCUT2D eigenvalue weighted by Crippen LogP contribution is 2.11. The lowest BCUT2D eigenvalue weighted by atomic mass is 10.1. The maximum absolute atomic E-state index is 12.1. The summed E-state index contributed by atoms with van der Waals surface area (Å²) in [6, 6.07) is -1.52. The number of halogens is 2. The van der Waals surface area contributed by atoms with E-state index in [0.29, 0.717) is 0 Å². The first kappa shape index (κ1) is 10.9. The molecule has 6 heteroatoms. The third kappa shape index (κ3) is 2.00. The summed E-state index contributed by atoms with van der Waals surface area (Å²) in [4.78, 5) is 23.5. The van der Waals surface area contributed by atoms with Crippen molar-refractivity contribution < 1.29 is 18.4 Å². The van der Waals surface area contributed by atoms with E-state index in [9.17, 15) is 18.4 Å². The molecule has 1 aliphatic rings. The molecule has 0 spiro atoms. The summed E-state index contributed by atoms with van der Waals surface area (Å²) in [5, 5.41) is 2.41. The molecule has 0 bridgehead atoms. The van der Waals surface area contributed by atoms with Crippen molar-refractivity contribution in [1.82, 2.24) is 10.2 Å². The van der Waals surface area contributed by atoms with Gasteiger partial charge in [0.25, 0.3) is 6.43 Å². The minimum Gasteiger partial charge on any atom is -0.343 e. The number of piperazine rings is 1. The lowest BCUT2D eigenvalue weighted by Crippen LogP contribution is -2.62. The van der Waals surface area contributed by atoms with Crippen LogP contribution in [0.5, 0.6) is 0 Å². The first-order valence-corrected chi connectivity index (χ1v) is 4.32. The summed E-state index contributed by atoms with van der Waals surface area (Å²) in [5.41, 5.74) is 0. The van der Waals surface area contributed by atoms with Crippen molar-refractivity contribution in [2.24, 2.45) is 0 Å². The predicted octanol–water partition coefficient (Wildman–Crippen LogP) is -0.0131. The molecule has 1 N–H and O–H groups in total. The zero-order valence-corrected chi connectivity index (χ0v) is 7.96. The molecule has 80 valence electrons. The fraction of sp³-hybridized carbons (Fsp3) is 0.750. The van der Waals surface area contributed by atoms with E-state index in [1.165, 1.54) is 13.8 Å². The van der Waals surface area contributed by atoms with Gasteiger partial charge in [-0.05, 0) is 13.8 Å². The molecule has 14 heavy (non-hydrogen) atoms. The number of rotatable bonds is 2. The van der Waals surface area contributed by atoms with Crippen molar-refractivity contribution in [2.45, 2.75) is 32.4 Å². The first-order valence-electron chi connectivity index (χ1n) is 4.32. The molecule has 2 atom stereocenters. The second kappa shape index (κ2) is 3.89. The van der Waals surface area contributed by atoms with Gasteiger partial charge in [0.15, 0.2) is 0 Å². The predicted molar refractivity (Wildman–Crippen MR) is 44.8 cm³/mol. The van der Waals surface area contributed by atoms with Gasteiger partial charge < -0.3 is 10.2 Å². The van der Waals surface area contributed by atoms with Crippen LogP contribution in [-0.2, 0) is 9.59 Å². The Morgan fingerprint density at radius 3 is 2.50 bits per heavy atom. The molecule has 2 unspecified atom stereocenters. The SMILES string of the molecule is CC1NC(=O)C(C)N(CC(F)F)C1=O. The van der Waals surface area contributed by atoms with Gasteiger partial charge in [0.2, 0.25) is 11.8 Å². The molecule has 0 aromatic heterocycles. The molecule has 1 aliphatic heterocycles. The highest BCUT2D eigenvalue weighted by atomic mass is 19.3. The molecule has 1 fully saturated rings. The topological polar surface area (TPSA) is 49.4 Å². The molecule has 4 nitrogen and oxygen atoms in total. The summed E-state index contributed by atoms with van der Waals surface area (Å²) in [6.07, 6.45) is -2.61. The summed E-state index contributed by atoms with van der Waals surface area (Å²) in [7, 11) is 0. The third-order valence-corrected chi connectivity index (χ3v) is 2.19. The van der Waals surface area contributed by atoms with Gasteiger partial charge in [0, 0.05) is 0 Å². The van der Waals surface area contributed by atoms with E-state index >= 15 is 0 Å². The number of nitrogens with zero attached hydrogens (tertiary/aromatic N) is 1. The van der Waals surface area contributed by atoms with Crippen molar-refractivity contribution >= 4 is 11.8 Å². The fourth-order valence-corrected chi connectivity index (χ4v) is 1.37. The van der Waals surface area contributed by atoms with Crippen LogP contribution in [0, 0.1) is 0 Å². The standard InChI is InChI=1S/C8H12F2N2O2/c1-4-8(14)12(3-6(9)10)5(2)7(13)11-4/h4-6H,3H2,1-2H3,(H,11,13). The van der Waals surface area contributed by atoms with Crippen molar-refractivity contribution in [3.8, 4) is 0 Å². The second-order valence-electron chi connectivity index (χ2n) is 3.29. The van der Waals surface area contributed by atoms with Gasteiger partial charge in [-0.15, -0.1) is 0 Å². The van der Waals surface area contributed by atoms with Crippen molar-refractivity contribution in [3.05, 3.63) is 0 Å². The molecule has 1 rings (SSSR count). The molecule has 0 aliphatic carbocycles. The minimum atomic E-state index is -2.61. The Kier molecular flexibility index (Phi) is 3.03. The Balaban J connectivity index is 2.77. The molecular weight excluding hydrogens is 194 g/mol. The normalized spacial score (nSPS) is 28.2. The quantitative estimate of drug-likeness (QED) is 0.690. The van der Waals surface area contributed by atoms with Crippen molar-refractivity contribution in [1.29, 1.82) is 0 Å². The van der Waals surface area contributed by atoms with E-state index in [1.54, 1.807) is 0 Å². The molecule has 0 aromatic rings. The van der Waals surface area contributed by atoms with Crippen LogP contribution in [0.2, 0.25) is 0 Å². The van der Waals surface area contributed by atoms with Crippen LogP contribution in [0.4, 0.5) is 8.78 Å². The zero-order chi connectivity index (χ0) is 10.9. The average Bonchev–Trinajstić information content (AvgIpc) is 2.09. The van der Waals surface area contributed by atoms with Gasteiger partial charge in [0.05, 0.1) is 6.54 Å². The molecule has 1 heterocycles.